The fraction of sp³-hybridized carbons (Fsp3) is 0.940. The summed E-state index contributed by atoms with van der Waals surface area (Å²) in [6.45, 7) is 7.60. The molecule has 0 saturated carbocycles. The van der Waals surface area contributed by atoms with Crippen molar-refractivity contribution in [2.24, 2.45) is 5.92 Å². The van der Waals surface area contributed by atoms with Gasteiger partial charge >= 0.3 is 5.97 Å². The highest BCUT2D eigenvalue weighted by molar-refractivity contribution is 5.69. The van der Waals surface area contributed by atoms with Gasteiger partial charge in [0.15, 0.2) is 0 Å². The lowest BCUT2D eigenvalue weighted by Crippen LogP contribution is -2.05. The summed E-state index contributed by atoms with van der Waals surface area (Å²) in [6.07, 6.45) is 62.0. The molecular weight excluding hydrogens is 633 g/mol. The first-order valence-corrected chi connectivity index (χ1v) is 24.5. The molecule has 310 valence electrons. The van der Waals surface area contributed by atoms with Gasteiger partial charge in [-0.1, -0.05) is 258 Å². The molecule has 0 N–H and O–H groups in total. The Morgan fingerprint density at radius 3 is 1.02 bits per heavy atom. The van der Waals surface area contributed by atoms with E-state index in [9.17, 15) is 4.79 Å². The van der Waals surface area contributed by atoms with Gasteiger partial charge in [-0.25, -0.2) is 0 Å². The fourth-order valence-corrected chi connectivity index (χ4v) is 7.67. The maximum Gasteiger partial charge on any atom is 0.305 e. The second-order valence-electron chi connectivity index (χ2n) is 17.3. The minimum absolute atomic E-state index is 0.0210. The number of carbonyl (C=O) groups is 1. The summed E-state index contributed by atoms with van der Waals surface area (Å²) in [4.78, 5) is 12.0. The molecule has 0 heterocycles. The molecule has 0 fully saturated rings. The summed E-state index contributed by atoms with van der Waals surface area (Å²) in [5.41, 5.74) is 0. The van der Waals surface area contributed by atoms with Crippen LogP contribution in [-0.2, 0) is 9.53 Å². The minimum atomic E-state index is 0.0210. The molecule has 0 saturated heterocycles. The van der Waals surface area contributed by atoms with E-state index < -0.39 is 0 Å². The van der Waals surface area contributed by atoms with E-state index >= 15 is 0 Å². The van der Waals surface area contributed by atoms with Gasteiger partial charge in [0.1, 0.15) is 0 Å². The predicted octanol–water partition coefficient (Wildman–Crippen LogP) is 18.1. The maximum atomic E-state index is 12.0. The van der Waals surface area contributed by atoms with Gasteiger partial charge in [0.05, 0.1) is 6.61 Å². The van der Waals surface area contributed by atoms with E-state index in [1.807, 2.05) is 0 Å². The second-order valence-corrected chi connectivity index (χ2v) is 17.3. The van der Waals surface area contributed by atoms with Gasteiger partial charge < -0.3 is 4.74 Å². The molecule has 0 atom stereocenters. The maximum absolute atomic E-state index is 12.0. The largest absolute Gasteiger partial charge is 0.466 e. The summed E-state index contributed by atoms with van der Waals surface area (Å²) >= 11 is 0. The number of rotatable bonds is 45. The molecule has 0 unspecified atom stereocenters. The topological polar surface area (TPSA) is 26.3 Å². The van der Waals surface area contributed by atoms with Crippen LogP contribution in [0, 0.1) is 5.92 Å². The van der Waals surface area contributed by atoms with Crippen LogP contribution < -0.4 is 0 Å². The number of esters is 1. The monoisotopic (exact) mass is 731 g/mol. The van der Waals surface area contributed by atoms with Gasteiger partial charge in [-0.2, -0.15) is 0 Å². The molecule has 0 aromatic rings. The van der Waals surface area contributed by atoms with Crippen molar-refractivity contribution in [2.45, 2.75) is 290 Å². The van der Waals surface area contributed by atoms with Crippen molar-refractivity contribution in [1.29, 1.82) is 0 Å². The minimum Gasteiger partial charge on any atom is -0.466 e. The number of hydrogen-bond donors (Lipinski definition) is 0. The third-order valence-electron chi connectivity index (χ3n) is 11.3. The smallest absolute Gasteiger partial charge is 0.305 e. The van der Waals surface area contributed by atoms with E-state index in [2.05, 4.69) is 32.9 Å². The SMILES string of the molecule is CCCCCCCC/C=C\CCCCCCCC(=O)OCCCCCCCCCCCCCCCCCCCCCCCCCCCCCC(C)C. The molecule has 0 aromatic heterocycles. The van der Waals surface area contributed by atoms with Crippen LogP contribution in [0.25, 0.3) is 0 Å². The highest BCUT2D eigenvalue weighted by Crippen LogP contribution is 2.17. The van der Waals surface area contributed by atoms with Gasteiger partial charge in [-0.3, -0.25) is 4.79 Å². The zero-order chi connectivity index (χ0) is 37.7. The summed E-state index contributed by atoms with van der Waals surface area (Å²) in [6, 6.07) is 0. The molecule has 0 amide bonds. The number of hydrogen-bond acceptors (Lipinski definition) is 2. The summed E-state index contributed by atoms with van der Waals surface area (Å²) < 4.78 is 5.48. The van der Waals surface area contributed by atoms with E-state index in [4.69, 9.17) is 4.74 Å². The average Bonchev–Trinajstić information content (AvgIpc) is 3.13. The number of allylic oxidation sites excluding steroid dienone is 2. The van der Waals surface area contributed by atoms with E-state index in [1.165, 1.54) is 244 Å². The van der Waals surface area contributed by atoms with Crippen LogP contribution in [-0.4, -0.2) is 12.6 Å². The van der Waals surface area contributed by atoms with Crippen LogP contribution in [0.1, 0.15) is 290 Å². The van der Waals surface area contributed by atoms with Gasteiger partial charge in [-0.05, 0) is 44.4 Å². The Morgan fingerprint density at radius 1 is 0.385 bits per heavy atom. The quantitative estimate of drug-likeness (QED) is 0.0354. The third-order valence-corrected chi connectivity index (χ3v) is 11.3. The van der Waals surface area contributed by atoms with Crippen molar-refractivity contribution in [3.63, 3.8) is 0 Å². The van der Waals surface area contributed by atoms with Gasteiger partial charge in [0, 0.05) is 6.42 Å². The normalized spacial score (nSPS) is 11.8. The van der Waals surface area contributed by atoms with Crippen molar-refractivity contribution in [2.75, 3.05) is 6.61 Å². The van der Waals surface area contributed by atoms with Crippen LogP contribution in [0.15, 0.2) is 12.2 Å². The van der Waals surface area contributed by atoms with Crippen molar-refractivity contribution >= 4 is 5.97 Å². The van der Waals surface area contributed by atoms with Crippen molar-refractivity contribution in [3.8, 4) is 0 Å². The first kappa shape index (κ1) is 51.2. The van der Waals surface area contributed by atoms with E-state index in [0.29, 0.717) is 13.0 Å². The molecule has 0 radical (unpaired) electrons. The highest BCUT2D eigenvalue weighted by atomic mass is 16.5. The number of ether oxygens (including phenoxy) is 1. The van der Waals surface area contributed by atoms with Gasteiger partial charge in [-0.15, -0.1) is 0 Å². The molecule has 0 bridgehead atoms. The lowest BCUT2D eigenvalue weighted by Gasteiger charge is -2.06. The van der Waals surface area contributed by atoms with Crippen LogP contribution in [0.3, 0.4) is 0 Å². The zero-order valence-electron chi connectivity index (χ0n) is 36.5. The van der Waals surface area contributed by atoms with Gasteiger partial charge in [0.25, 0.3) is 0 Å². The molecule has 2 heteroatoms. The van der Waals surface area contributed by atoms with Gasteiger partial charge in [0.2, 0.25) is 0 Å². The molecular formula is C50H98O2. The van der Waals surface area contributed by atoms with E-state index in [-0.39, 0.29) is 5.97 Å². The van der Waals surface area contributed by atoms with Crippen LogP contribution in [0.4, 0.5) is 0 Å². The summed E-state index contributed by atoms with van der Waals surface area (Å²) in [7, 11) is 0. The molecule has 2 nitrogen and oxygen atoms in total. The number of unbranched alkanes of at least 4 members (excludes halogenated alkanes) is 37. The highest BCUT2D eigenvalue weighted by Gasteiger charge is 2.03. The van der Waals surface area contributed by atoms with Crippen molar-refractivity contribution < 1.29 is 9.53 Å². The lowest BCUT2D eigenvalue weighted by atomic mass is 10.0. The van der Waals surface area contributed by atoms with E-state index in [0.717, 1.165) is 25.2 Å². The molecule has 0 spiro atoms. The Kier molecular flexibility index (Phi) is 45.7. The Balaban J connectivity index is 3.16. The molecule has 0 aliphatic carbocycles. The molecule has 0 rings (SSSR count). The van der Waals surface area contributed by atoms with Crippen molar-refractivity contribution in [3.05, 3.63) is 12.2 Å². The fourth-order valence-electron chi connectivity index (χ4n) is 7.67. The number of carbonyl (C=O) groups excluding carboxylic acids is 1. The predicted molar refractivity (Wildman–Crippen MR) is 235 cm³/mol. The average molecular weight is 731 g/mol. The molecule has 52 heavy (non-hydrogen) atoms. The Hall–Kier alpha value is -0.790. The van der Waals surface area contributed by atoms with Crippen LogP contribution in [0.2, 0.25) is 0 Å². The first-order valence-electron chi connectivity index (χ1n) is 24.5. The Morgan fingerprint density at radius 2 is 0.673 bits per heavy atom. The second kappa shape index (κ2) is 46.4. The van der Waals surface area contributed by atoms with Crippen LogP contribution in [0.5, 0.6) is 0 Å². The van der Waals surface area contributed by atoms with Crippen LogP contribution >= 0.6 is 0 Å². The van der Waals surface area contributed by atoms with Crippen molar-refractivity contribution in [1.82, 2.24) is 0 Å². The lowest BCUT2D eigenvalue weighted by molar-refractivity contribution is -0.143. The molecule has 0 aliphatic heterocycles. The Bertz CT molecular complexity index is 682. The molecule has 0 aliphatic rings. The first-order chi connectivity index (χ1) is 25.7. The zero-order valence-corrected chi connectivity index (χ0v) is 36.5. The third kappa shape index (κ3) is 47.2. The molecule has 0 aromatic carbocycles. The van der Waals surface area contributed by atoms with E-state index in [1.54, 1.807) is 0 Å². The summed E-state index contributed by atoms with van der Waals surface area (Å²) in [5.74, 6) is 0.909. The Labute approximate surface area is 329 Å². The standard InChI is InChI=1S/C50H98O2/c1-4-5-6-7-8-9-10-11-25-29-32-35-38-41-44-47-50(51)52-48-45-42-39-36-33-30-27-24-22-20-18-16-14-12-13-15-17-19-21-23-26-28-31-34-37-40-43-46-49(2)3/h11,25,49H,4-10,12-24,26-48H2,1-3H3/b25-11-. The summed E-state index contributed by atoms with van der Waals surface area (Å²) in [5, 5.41) is 0.